The molecule has 5 heteroatoms. The zero-order chi connectivity index (χ0) is 16.9. The summed E-state index contributed by atoms with van der Waals surface area (Å²) >= 11 is -0.222. The smallest absolute Gasteiger partial charge is 0.0771 e. The van der Waals surface area contributed by atoms with Crippen LogP contribution < -0.4 is 0 Å². The van der Waals surface area contributed by atoms with Gasteiger partial charge in [-0.25, -0.2) is 12.2 Å². The molecule has 1 aliphatic carbocycles. The van der Waals surface area contributed by atoms with E-state index in [0.29, 0.717) is 0 Å². The van der Waals surface area contributed by atoms with Gasteiger partial charge in [0.05, 0.1) is 0 Å². The number of halogens is 3. The van der Waals surface area contributed by atoms with Gasteiger partial charge in [-0.15, -0.1) is 71.0 Å². The fraction of sp³-hybridized carbons (Fsp3) is 0.100. The molecule has 3 aromatic carbocycles. The number of hydrogen-bond donors (Lipinski definition) is 0. The number of fused-ring (bicyclic) bond motifs is 3. The fourth-order valence-electron chi connectivity index (χ4n) is 2.24. The zero-order valence-electron chi connectivity index (χ0n) is 14.0. The Labute approximate surface area is 178 Å². The molecule has 0 unspecified atom stereocenters. The standard InChI is InChI=1S/C13H9.C5H5.C2H5.3ClH.Si.Ti/c1-3-7-12-10(5-1)9-11-6-2-4-8-13(11)12;1-2-4-5-3-1;1-2;;;;;/h1-9H;1-3H,4H2;1H2,2H3;3*1H;;/q3*-1;;;;;+1/p-1. The van der Waals surface area contributed by atoms with Gasteiger partial charge in [0, 0.05) is 0 Å². The first kappa shape index (κ1) is 26.8. The van der Waals surface area contributed by atoms with Crippen LogP contribution in [0.2, 0.25) is 0 Å². The largest absolute Gasteiger partial charge is 0.126 e. The first-order valence-electron chi connectivity index (χ1n) is 7.35. The Morgan fingerprint density at radius 2 is 1.44 bits per heavy atom. The van der Waals surface area contributed by atoms with Gasteiger partial charge in [-0.05, 0) is 0 Å². The minimum Gasteiger partial charge on any atom is -0.126 e. The number of allylic oxidation sites excluding steroid dienone is 4. The molecule has 25 heavy (non-hydrogen) atoms. The van der Waals surface area contributed by atoms with Crippen molar-refractivity contribution in [1.82, 2.24) is 0 Å². The molecule has 0 fully saturated rings. The molecule has 4 rings (SSSR count). The van der Waals surface area contributed by atoms with E-state index in [2.05, 4.69) is 81.3 Å². The van der Waals surface area contributed by atoms with E-state index in [0.717, 1.165) is 6.42 Å². The maximum Gasteiger partial charge on any atom is -0.0771 e. The Bertz CT molecular complexity index is 718. The second kappa shape index (κ2) is 17.0. The summed E-state index contributed by atoms with van der Waals surface area (Å²) in [5, 5.41) is 5.39. The van der Waals surface area contributed by atoms with E-state index in [-0.39, 0.29) is 41.6 Å². The quantitative estimate of drug-likeness (QED) is 0.259. The van der Waals surface area contributed by atoms with Crippen LogP contribution in [-0.4, -0.2) is 7.63 Å². The number of benzene rings is 2. The maximum absolute atomic E-state index is 5.04. The Kier molecular flexibility index (Phi) is 18.3. The second-order valence-electron chi connectivity index (χ2n) is 4.42. The molecule has 3 aromatic rings. The van der Waals surface area contributed by atoms with Gasteiger partial charge < -0.3 is 6.92 Å². The molecule has 1 aliphatic rings. The average molecular weight is 444 g/mol. The third-order valence-electron chi connectivity index (χ3n) is 3.11. The van der Waals surface area contributed by atoms with Crippen molar-refractivity contribution >= 4 is 63.3 Å². The van der Waals surface area contributed by atoms with E-state index < -0.39 is 0 Å². The van der Waals surface area contributed by atoms with Crippen LogP contribution in [0.25, 0.3) is 21.5 Å². The summed E-state index contributed by atoms with van der Waals surface area (Å²) in [7, 11) is 8.11. The first-order chi connectivity index (χ1) is 11.4. The average Bonchev–Trinajstić information content (AvgIpc) is 3.29. The van der Waals surface area contributed by atoms with Crippen molar-refractivity contribution in [3.63, 3.8) is 0 Å². The van der Waals surface area contributed by atoms with Gasteiger partial charge >= 0.3 is 33.8 Å². The van der Waals surface area contributed by atoms with E-state index in [9.17, 15) is 0 Å². The maximum atomic E-state index is 5.04. The molecule has 0 saturated carbocycles. The fourth-order valence-corrected chi connectivity index (χ4v) is 2.24. The van der Waals surface area contributed by atoms with Crippen LogP contribution in [0.5, 0.6) is 0 Å². The molecule has 0 amide bonds. The van der Waals surface area contributed by atoms with E-state index >= 15 is 0 Å². The van der Waals surface area contributed by atoms with E-state index in [4.69, 9.17) is 9.30 Å². The van der Waals surface area contributed by atoms with E-state index in [1.54, 1.807) is 6.92 Å². The summed E-state index contributed by atoms with van der Waals surface area (Å²) in [4.78, 5) is 0. The van der Waals surface area contributed by atoms with Crippen LogP contribution in [0.15, 0.2) is 72.8 Å². The van der Waals surface area contributed by atoms with Crippen LogP contribution in [0.1, 0.15) is 13.3 Å². The van der Waals surface area contributed by atoms with Crippen LogP contribution >= 0.6 is 34.1 Å². The summed E-state index contributed by atoms with van der Waals surface area (Å²) in [6.45, 7) is 5.00. The van der Waals surface area contributed by atoms with Crippen molar-refractivity contribution in [3.8, 4) is 0 Å². The number of rotatable bonds is 0. The van der Waals surface area contributed by atoms with Gasteiger partial charge in [0.1, 0.15) is 0 Å². The van der Waals surface area contributed by atoms with Crippen molar-refractivity contribution in [2.45, 2.75) is 13.3 Å². The van der Waals surface area contributed by atoms with Gasteiger partial charge in [-0.3, -0.25) is 6.08 Å². The minimum atomic E-state index is -0.222. The van der Waals surface area contributed by atoms with E-state index in [1.807, 2.05) is 12.2 Å². The van der Waals surface area contributed by atoms with Gasteiger partial charge in [-0.2, -0.15) is 13.0 Å². The Morgan fingerprint density at radius 1 is 1.00 bits per heavy atom. The SMILES string of the molecule is Cl.Cl.[C-]1=CC=CC1.[CH2-]C.[Si]=[Ti][Cl].c1ccc2c(c1)[cH-]c1ccccc12. The van der Waals surface area contributed by atoms with Crippen molar-refractivity contribution in [2.24, 2.45) is 0 Å². The van der Waals surface area contributed by atoms with Crippen molar-refractivity contribution in [2.75, 3.05) is 0 Å². The van der Waals surface area contributed by atoms with Crippen LogP contribution in [0.3, 0.4) is 0 Å². The molecule has 133 valence electrons. The normalized spacial score (nSPS) is 9.88. The third-order valence-corrected chi connectivity index (χ3v) is 3.11. The van der Waals surface area contributed by atoms with E-state index in [1.165, 1.54) is 21.5 Å². The monoisotopic (exact) mass is 442 g/mol. The third kappa shape index (κ3) is 9.19. The molecule has 0 atom stereocenters. The predicted octanol–water partition coefficient (Wildman–Crippen LogP) is 7.01. The second-order valence-corrected chi connectivity index (χ2v) is 7.83. The summed E-state index contributed by atoms with van der Waals surface area (Å²) < 4.78 is 0. The van der Waals surface area contributed by atoms with Crippen LogP contribution in [-0.2, 0) is 16.8 Å². The zero-order valence-corrected chi connectivity index (χ0v) is 19.0. The Balaban J connectivity index is 0. The Morgan fingerprint density at radius 3 is 1.76 bits per heavy atom. The van der Waals surface area contributed by atoms with Crippen molar-refractivity contribution in [1.29, 1.82) is 0 Å². The number of hydrogen-bond acceptors (Lipinski definition) is 0. The molecule has 0 aromatic heterocycles. The topological polar surface area (TPSA) is 0 Å². The molecule has 0 N–H and O–H groups in total. The predicted molar refractivity (Wildman–Crippen MR) is 116 cm³/mol. The summed E-state index contributed by atoms with van der Waals surface area (Å²) in [5.41, 5.74) is 0. The molecule has 0 bridgehead atoms. The summed E-state index contributed by atoms with van der Waals surface area (Å²) in [6.07, 6.45) is 10.0. The van der Waals surface area contributed by atoms with Crippen LogP contribution in [0, 0.1) is 13.0 Å². The molecular formula is C20H21Cl3SiTi-3. The summed E-state index contributed by atoms with van der Waals surface area (Å²) in [5.74, 6) is 0. The van der Waals surface area contributed by atoms with Crippen molar-refractivity contribution in [3.05, 3.63) is 85.8 Å². The van der Waals surface area contributed by atoms with Gasteiger partial charge in [0.15, 0.2) is 0 Å². The summed E-state index contributed by atoms with van der Waals surface area (Å²) in [6, 6.07) is 19.3. The van der Waals surface area contributed by atoms with Gasteiger partial charge in [-0.1, -0.05) is 36.4 Å². The van der Waals surface area contributed by atoms with Gasteiger partial charge in [0.25, 0.3) is 0 Å². The molecule has 0 spiro atoms. The van der Waals surface area contributed by atoms with Crippen LogP contribution in [0.4, 0.5) is 0 Å². The first-order valence-corrected chi connectivity index (χ1v) is 12.3. The molecule has 2 radical (unpaired) electrons. The van der Waals surface area contributed by atoms with Crippen molar-refractivity contribution < 1.29 is 16.8 Å². The minimum absolute atomic E-state index is 0. The molecule has 0 aliphatic heterocycles. The molecule has 0 heterocycles. The molecule has 0 saturated heterocycles. The Hall–Kier alpha value is -0.409. The van der Waals surface area contributed by atoms with Gasteiger partial charge in [0.2, 0.25) is 0 Å². The molecular weight excluding hydrogens is 423 g/mol. The molecule has 0 nitrogen and oxygen atoms in total.